The smallest absolute Gasteiger partial charge is 0.328 e. The molecule has 15 heavy (non-hydrogen) atoms. The van der Waals surface area contributed by atoms with Crippen LogP contribution in [0, 0.1) is 6.92 Å². The van der Waals surface area contributed by atoms with E-state index in [4.69, 9.17) is 5.11 Å². The Bertz CT molecular complexity index is 541. The van der Waals surface area contributed by atoms with Crippen LogP contribution in [0.25, 0.3) is 11.7 Å². The average molecular weight is 202 g/mol. The Balaban J connectivity index is 2.48. The number of aryl methyl sites for hydroxylation is 1. The summed E-state index contributed by atoms with van der Waals surface area (Å²) in [6.07, 6.45) is 4.37. The minimum Gasteiger partial charge on any atom is -0.478 e. The number of carbonyl (C=O) groups is 1. The standard InChI is InChI=1S/C11H10N2O2/c1-8-3-2-4-10-12-9(7-13(8)10)5-6-11(14)15/h2-7H,1H3,(H,14,15)/b6-5+. The molecule has 0 fully saturated rings. The third-order valence-electron chi connectivity index (χ3n) is 2.11. The van der Waals surface area contributed by atoms with E-state index in [9.17, 15) is 4.79 Å². The van der Waals surface area contributed by atoms with Crippen molar-refractivity contribution >= 4 is 17.7 Å². The Labute approximate surface area is 86.5 Å². The van der Waals surface area contributed by atoms with Gasteiger partial charge in [0.25, 0.3) is 0 Å². The van der Waals surface area contributed by atoms with Gasteiger partial charge in [-0.1, -0.05) is 6.07 Å². The van der Waals surface area contributed by atoms with E-state index in [1.165, 1.54) is 6.08 Å². The summed E-state index contributed by atoms with van der Waals surface area (Å²) in [4.78, 5) is 14.6. The highest BCUT2D eigenvalue weighted by atomic mass is 16.4. The molecule has 0 unspecified atom stereocenters. The highest BCUT2D eigenvalue weighted by Crippen LogP contribution is 2.09. The molecule has 4 heteroatoms. The first-order chi connectivity index (χ1) is 7.16. The maximum absolute atomic E-state index is 10.3. The van der Waals surface area contributed by atoms with Gasteiger partial charge in [0.2, 0.25) is 0 Å². The number of aliphatic carboxylic acids is 1. The van der Waals surface area contributed by atoms with E-state index in [0.29, 0.717) is 5.69 Å². The third kappa shape index (κ3) is 1.88. The summed E-state index contributed by atoms with van der Waals surface area (Å²) in [5.41, 5.74) is 2.53. The van der Waals surface area contributed by atoms with Crippen LogP contribution in [-0.2, 0) is 4.79 Å². The Hall–Kier alpha value is -2.10. The van der Waals surface area contributed by atoms with Gasteiger partial charge in [-0.25, -0.2) is 9.78 Å². The highest BCUT2D eigenvalue weighted by Gasteiger charge is 2.00. The molecular weight excluding hydrogens is 192 g/mol. The van der Waals surface area contributed by atoms with Crippen molar-refractivity contribution in [1.82, 2.24) is 9.38 Å². The predicted molar refractivity (Wildman–Crippen MR) is 56.6 cm³/mol. The summed E-state index contributed by atoms with van der Waals surface area (Å²) in [6.45, 7) is 1.97. The van der Waals surface area contributed by atoms with Crippen LogP contribution in [0.1, 0.15) is 11.4 Å². The molecule has 4 nitrogen and oxygen atoms in total. The van der Waals surface area contributed by atoms with Crippen LogP contribution in [0.15, 0.2) is 30.5 Å². The van der Waals surface area contributed by atoms with E-state index in [-0.39, 0.29) is 0 Å². The van der Waals surface area contributed by atoms with Crippen molar-refractivity contribution in [3.05, 3.63) is 41.9 Å². The van der Waals surface area contributed by atoms with Crippen molar-refractivity contribution in [1.29, 1.82) is 0 Å². The first-order valence-corrected chi connectivity index (χ1v) is 4.52. The van der Waals surface area contributed by atoms with Crippen LogP contribution in [0.5, 0.6) is 0 Å². The molecule has 0 radical (unpaired) electrons. The molecule has 0 atom stereocenters. The van der Waals surface area contributed by atoms with Gasteiger partial charge in [-0.3, -0.25) is 0 Å². The van der Waals surface area contributed by atoms with Crippen LogP contribution in [0.4, 0.5) is 0 Å². The lowest BCUT2D eigenvalue weighted by atomic mass is 10.4. The van der Waals surface area contributed by atoms with Gasteiger partial charge in [-0.2, -0.15) is 0 Å². The van der Waals surface area contributed by atoms with Gasteiger partial charge >= 0.3 is 5.97 Å². The number of imidazole rings is 1. The van der Waals surface area contributed by atoms with E-state index in [0.717, 1.165) is 17.4 Å². The summed E-state index contributed by atoms with van der Waals surface area (Å²) in [6, 6.07) is 5.77. The maximum atomic E-state index is 10.3. The van der Waals surface area contributed by atoms with Gasteiger partial charge in [-0.15, -0.1) is 0 Å². The number of carboxylic acid groups (broad SMARTS) is 1. The fourth-order valence-corrected chi connectivity index (χ4v) is 1.40. The Morgan fingerprint density at radius 1 is 1.53 bits per heavy atom. The first kappa shape index (κ1) is 9.45. The summed E-state index contributed by atoms with van der Waals surface area (Å²) >= 11 is 0. The summed E-state index contributed by atoms with van der Waals surface area (Å²) in [5.74, 6) is -0.969. The fourth-order valence-electron chi connectivity index (χ4n) is 1.40. The zero-order chi connectivity index (χ0) is 10.8. The molecule has 0 aromatic carbocycles. The summed E-state index contributed by atoms with van der Waals surface area (Å²) in [7, 11) is 0. The summed E-state index contributed by atoms with van der Waals surface area (Å²) < 4.78 is 1.92. The van der Waals surface area contributed by atoms with Crippen molar-refractivity contribution in [3.8, 4) is 0 Å². The average Bonchev–Trinajstić information content (AvgIpc) is 2.59. The fraction of sp³-hybridized carbons (Fsp3) is 0.0909. The van der Waals surface area contributed by atoms with Crippen molar-refractivity contribution in [2.45, 2.75) is 6.92 Å². The summed E-state index contributed by atoms with van der Waals surface area (Å²) in [5, 5.41) is 8.48. The first-order valence-electron chi connectivity index (χ1n) is 4.52. The number of hydrogen-bond acceptors (Lipinski definition) is 2. The van der Waals surface area contributed by atoms with Gasteiger partial charge in [0.15, 0.2) is 0 Å². The molecule has 0 spiro atoms. The highest BCUT2D eigenvalue weighted by molar-refractivity contribution is 5.85. The van der Waals surface area contributed by atoms with Crippen LogP contribution < -0.4 is 0 Å². The quantitative estimate of drug-likeness (QED) is 0.754. The van der Waals surface area contributed by atoms with Gasteiger partial charge in [-0.05, 0) is 25.1 Å². The van der Waals surface area contributed by atoms with Gasteiger partial charge in [0, 0.05) is 18.0 Å². The molecular formula is C11H10N2O2. The lowest BCUT2D eigenvalue weighted by Gasteiger charge is -1.95. The normalized spacial score (nSPS) is 11.3. The van der Waals surface area contributed by atoms with Gasteiger partial charge in [0.1, 0.15) is 5.65 Å². The number of pyridine rings is 1. The van der Waals surface area contributed by atoms with Crippen LogP contribution in [-0.4, -0.2) is 20.5 Å². The van der Waals surface area contributed by atoms with Crippen molar-refractivity contribution in [2.75, 3.05) is 0 Å². The number of fused-ring (bicyclic) bond motifs is 1. The molecule has 0 bridgehead atoms. The van der Waals surface area contributed by atoms with Crippen LogP contribution in [0.2, 0.25) is 0 Å². The number of carboxylic acids is 1. The topological polar surface area (TPSA) is 54.6 Å². The van der Waals surface area contributed by atoms with E-state index in [2.05, 4.69) is 4.98 Å². The molecule has 0 aliphatic carbocycles. The van der Waals surface area contributed by atoms with Gasteiger partial charge < -0.3 is 9.51 Å². The second-order valence-corrected chi connectivity index (χ2v) is 3.23. The molecule has 0 amide bonds. The minimum atomic E-state index is -0.969. The Morgan fingerprint density at radius 3 is 3.00 bits per heavy atom. The SMILES string of the molecule is Cc1cccc2nc(/C=C/C(=O)O)cn12. The largest absolute Gasteiger partial charge is 0.478 e. The molecule has 0 saturated carbocycles. The van der Waals surface area contributed by atoms with Crippen LogP contribution in [0.3, 0.4) is 0 Å². The third-order valence-corrected chi connectivity index (χ3v) is 2.11. The predicted octanol–water partition coefficient (Wildman–Crippen LogP) is 1.74. The second kappa shape index (κ2) is 3.57. The zero-order valence-corrected chi connectivity index (χ0v) is 8.21. The maximum Gasteiger partial charge on any atom is 0.328 e. The molecule has 0 aliphatic rings. The van der Waals surface area contributed by atoms with Crippen LogP contribution >= 0.6 is 0 Å². The molecule has 2 heterocycles. The zero-order valence-electron chi connectivity index (χ0n) is 8.21. The molecule has 0 aliphatic heterocycles. The van der Waals surface area contributed by atoms with Gasteiger partial charge in [0.05, 0.1) is 5.69 Å². The van der Waals surface area contributed by atoms with Crippen molar-refractivity contribution in [3.63, 3.8) is 0 Å². The Kier molecular flexibility index (Phi) is 2.25. The molecule has 2 aromatic rings. The molecule has 1 N–H and O–H groups in total. The van der Waals surface area contributed by atoms with E-state index < -0.39 is 5.97 Å². The molecule has 0 saturated heterocycles. The molecule has 2 aromatic heterocycles. The lowest BCUT2D eigenvalue weighted by molar-refractivity contribution is -0.131. The molecule has 76 valence electrons. The minimum absolute atomic E-state index is 0.645. The van der Waals surface area contributed by atoms with Crippen molar-refractivity contribution < 1.29 is 9.90 Å². The van der Waals surface area contributed by atoms with E-state index in [1.807, 2.05) is 35.7 Å². The number of nitrogens with zero attached hydrogens (tertiary/aromatic N) is 2. The van der Waals surface area contributed by atoms with E-state index >= 15 is 0 Å². The van der Waals surface area contributed by atoms with E-state index in [1.54, 1.807) is 0 Å². The van der Waals surface area contributed by atoms with Crippen molar-refractivity contribution in [2.24, 2.45) is 0 Å². The molecule has 2 rings (SSSR count). The Morgan fingerprint density at radius 2 is 2.33 bits per heavy atom. The second-order valence-electron chi connectivity index (χ2n) is 3.23. The number of rotatable bonds is 2. The number of hydrogen-bond donors (Lipinski definition) is 1. The lowest BCUT2D eigenvalue weighted by Crippen LogP contribution is -1.86. The number of aromatic nitrogens is 2. The monoisotopic (exact) mass is 202 g/mol.